The van der Waals surface area contributed by atoms with Gasteiger partial charge in [-0.2, -0.15) is 5.10 Å². The minimum absolute atomic E-state index is 0.171. The summed E-state index contributed by atoms with van der Waals surface area (Å²) in [5, 5.41) is 17.1. The molecular weight excluding hydrogens is 573 g/mol. The van der Waals surface area contributed by atoms with Crippen LogP contribution in [0, 0.1) is 15.7 Å². The molecular formula is C30H48IN5O. The van der Waals surface area contributed by atoms with E-state index in [-0.39, 0.29) is 5.92 Å². The molecule has 0 radical (unpaired) electrons. The number of benzene rings is 1. The van der Waals surface area contributed by atoms with Crippen LogP contribution >= 0.6 is 22.6 Å². The first kappa shape index (κ1) is 29.0. The molecule has 2 heterocycles. The number of hydrogen-bond acceptors (Lipinski definition) is 5. The van der Waals surface area contributed by atoms with E-state index in [1.165, 1.54) is 96.7 Å². The monoisotopic (exact) mass is 621 g/mol. The summed E-state index contributed by atoms with van der Waals surface area (Å²) in [5.74, 6) is 1.39. The van der Waals surface area contributed by atoms with E-state index in [2.05, 4.69) is 32.2 Å². The molecule has 1 atom stereocenters. The van der Waals surface area contributed by atoms with Crippen molar-refractivity contribution in [1.29, 1.82) is 0 Å². The van der Waals surface area contributed by atoms with Gasteiger partial charge in [-0.25, -0.2) is 9.67 Å². The molecule has 1 aliphatic carbocycles. The Kier molecular flexibility index (Phi) is 11.7. The third-order valence-electron chi connectivity index (χ3n) is 8.69. The van der Waals surface area contributed by atoms with Gasteiger partial charge in [-0.3, -0.25) is 0 Å². The van der Waals surface area contributed by atoms with E-state index in [4.69, 9.17) is 15.8 Å². The SMILES string of the molecule is NCCCCCCCCCN1CCC(Cn2nc([C@](O)(c3ccccc3)C3CCCCC3)nc2I)CC1. The number of likely N-dealkylation sites (tertiary alicyclic amines) is 1. The van der Waals surface area contributed by atoms with E-state index in [9.17, 15) is 5.11 Å². The maximum atomic E-state index is 12.2. The van der Waals surface area contributed by atoms with Gasteiger partial charge in [0.2, 0.25) is 0 Å². The van der Waals surface area contributed by atoms with Gasteiger partial charge < -0.3 is 15.7 Å². The van der Waals surface area contributed by atoms with Gasteiger partial charge in [-0.15, -0.1) is 0 Å². The van der Waals surface area contributed by atoms with Crippen molar-refractivity contribution in [2.75, 3.05) is 26.2 Å². The van der Waals surface area contributed by atoms with Gasteiger partial charge in [0.25, 0.3) is 0 Å². The Morgan fingerprint density at radius 2 is 1.54 bits per heavy atom. The first-order valence-corrected chi connectivity index (χ1v) is 16.0. The van der Waals surface area contributed by atoms with Crippen molar-refractivity contribution in [3.63, 3.8) is 0 Å². The highest BCUT2D eigenvalue weighted by Crippen LogP contribution is 2.43. The van der Waals surface area contributed by atoms with Crippen molar-refractivity contribution in [3.05, 3.63) is 45.6 Å². The van der Waals surface area contributed by atoms with Crippen LogP contribution in [0.3, 0.4) is 0 Å². The highest BCUT2D eigenvalue weighted by Gasteiger charge is 2.44. The fourth-order valence-corrected chi connectivity index (χ4v) is 6.89. The standard InChI is InChI=1S/C30H48IN5O/c31-29-33-28(30(37,26-14-8-6-9-15-26)27-16-10-7-11-17-27)34-36(29)24-25-18-22-35(23-19-25)21-13-5-3-1-2-4-12-20-32/h6,8-9,14-15,25,27,37H,1-5,7,10-13,16-24,32H2/t30-/m0/s1. The lowest BCUT2D eigenvalue weighted by Crippen LogP contribution is -2.39. The average molecular weight is 622 g/mol. The molecule has 4 rings (SSSR count). The van der Waals surface area contributed by atoms with Crippen molar-refractivity contribution in [3.8, 4) is 0 Å². The quantitative estimate of drug-likeness (QED) is 0.197. The van der Waals surface area contributed by atoms with Crippen molar-refractivity contribution < 1.29 is 5.11 Å². The number of unbranched alkanes of at least 4 members (excludes halogenated alkanes) is 6. The highest BCUT2D eigenvalue weighted by molar-refractivity contribution is 14.1. The summed E-state index contributed by atoms with van der Waals surface area (Å²) in [4.78, 5) is 7.52. The predicted octanol–water partition coefficient (Wildman–Crippen LogP) is 6.10. The lowest BCUT2D eigenvalue weighted by molar-refractivity contribution is -0.00867. The highest BCUT2D eigenvalue weighted by atomic mass is 127. The van der Waals surface area contributed by atoms with Gasteiger partial charge in [0.05, 0.1) is 0 Å². The molecule has 0 amide bonds. The number of nitrogens with zero attached hydrogens (tertiary/aromatic N) is 4. The summed E-state index contributed by atoms with van der Waals surface area (Å²) in [6.07, 6.45) is 17.3. The van der Waals surface area contributed by atoms with E-state index in [1.54, 1.807) is 0 Å². The van der Waals surface area contributed by atoms with Crippen LogP contribution in [0.1, 0.15) is 101 Å². The molecule has 1 saturated carbocycles. The van der Waals surface area contributed by atoms with E-state index >= 15 is 0 Å². The summed E-state index contributed by atoms with van der Waals surface area (Å²) >= 11 is 2.31. The van der Waals surface area contributed by atoms with Crippen molar-refractivity contribution >= 4 is 22.6 Å². The van der Waals surface area contributed by atoms with Crippen LogP contribution in [-0.4, -0.2) is 50.9 Å². The number of rotatable bonds is 14. The Morgan fingerprint density at radius 3 is 2.22 bits per heavy atom. The maximum absolute atomic E-state index is 12.2. The zero-order chi connectivity index (χ0) is 25.9. The molecule has 2 fully saturated rings. The number of aromatic nitrogens is 3. The van der Waals surface area contributed by atoms with Gasteiger partial charge in [0.1, 0.15) is 0 Å². The molecule has 3 N–H and O–H groups in total. The number of hydrogen-bond donors (Lipinski definition) is 2. The predicted molar refractivity (Wildman–Crippen MR) is 159 cm³/mol. The lowest BCUT2D eigenvalue weighted by atomic mass is 9.73. The van der Waals surface area contributed by atoms with Gasteiger partial charge >= 0.3 is 0 Å². The summed E-state index contributed by atoms with van der Waals surface area (Å²) in [6.45, 7) is 5.36. The Hall–Kier alpha value is -1.03. The topological polar surface area (TPSA) is 80.2 Å². The second-order valence-electron chi connectivity index (χ2n) is 11.4. The van der Waals surface area contributed by atoms with Crippen LogP contribution in [0.15, 0.2) is 30.3 Å². The first-order valence-electron chi connectivity index (χ1n) is 14.9. The molecule has 2 aliphatic rings. The minimum atomic E-state index is -1.11. The smallest absolute Gasteiger partial charge is 0.189 e. The molecule has 0 bridgehead atoms. The Bertz CT molecular complexity index is 908. The Balaban J connectivity index is 1.29. The largest absolute Gasteiger partial charge is 0.377 e. The summed E-state index contributed by atoms with van der Waals surface area (Å²) in [6, 6.07) is 10.1. The van der Waals surface area contributed by atoms with E-state index in [0.29, 0.717) is 11.7 Å². The van der Waals surface area contributed by atoms with Crippen molar-refractivity contribution in [1.82, 2.24) is 19.7 Å². The zero-order valence-electron chi connectivity index (χ0n) is 22.7. The van der Waals surface area contributed by atoms with Crippen LogP contribution in [-0.2, 0) is 12.1 Å². The number of halogens is 1. The molecule has 1 aliphatic heterocycles. The fraction of sp³-hybridized carbons (Fsp3) is 0.733. The van der Waals surface area contributed by atoms with Crippen molar-refractivity contribution in [2.45, 2.75) is 102 Å². The van der Waals surface area contributed by atoms with Gasteiger partial charge in [0, 0.05) is 29.1 Å². The lowest BCUT2D eigenvalue weighted by Gasteiger charge is -2.37. The molecule has 1 aromatic heterocycles. The molecule has 37 heavy (non-hydrogen) atoms. The molecule has 1 saturated heterocycles. The maximum Gasteiger partial charge on any atom is 0.189 e. The van der Waals surface area contributed by atoms with Crippen LogP contribution in [0.5, 0.6) is 0 Å². The Morgan fingerprint density at radius 1 is 0.892 bits per heavy atom. The molecule has 7 heteroatoms. The second kappa shape index (κ2) is 14.9. The van der Waals surface area contributed by atoms with Crippen molar-refractivity contribution in [2.24, 2.45) is 17.6 Å². The second-order valence-corrected chi connectivity index (χ2v) is 12.4. The molecule has 206 valence electrons. The molecule has 6 nitrogen and oxygen atoms in total. The molecule has 0 unspecified atom stereocenters. The zero-order valence-corrected chi connectivity index (χ0v) is 24.8. The normalized spacial score (nSPS) is 19.8. The van der Waals surface area contributed by atoms with Crippen LogP contribution in [0.2, 0.25) is 0 Å². The molecule has 1 aromatic carbocycles. The number of piperidine rings is 1. The number of nitrogens with two attached hydrogens (primary N) is 1. The van der Waals surface area contributed by atoms with E-state index in [0.717, 1.165) is 35.3 Å². The summed E-state index contributed by atoms with van der Waals surface area (Å²) in [7, 11) is 0. The Labute approximate surface area is 237 Å². The van der Waals surface area contributed by atoms with Crippen LogP contribution in [0.25, 0.3) is 0 Å². The first-order chi connectivity index (χ1) is 18.1. The van der Waals surface area contributed by atoms with E-state index in [1.807, 2.05) is 30.3 Å². The third kappa shape index (κ3) is 7.99. The summed E-state index contributed by atoms with van der Waals surface area (Å²) in [5.41, 5.74) is 5.40. The third-order valence-corrected chi connectivity index (χ3v) is 9.49. The number of aliphatic hydroxyl groups is 1. The molecule has 2 aromatic rings. The minimum Gasteiger partial charge on any atom is -0.377 e. The average Bonchev–Trinajstić information content (AvgIpc) is 3.31. The fourth-order valence-electron chi connectivity index (χ4n) is 6.36. The van der Waals surface area contributed by atoms with Gasteiger partial charge in [0.15, 0.2) is 15.3 Å². The van der Waals surface area contributed by atoms with E-state index < -0.39 is 5.60 Å². The van der Waals surface area contributed by atoms with Gasteiger partial charge in [-0.05, 0) is 82.1 Å². The summed E-state index contributed by atoms with van der Waals surface area (Å²) < 4.78 is 2.96. The van der Waals surface area contributed by atoms with Gasteiger partial charge in [-0.1, -0.05) is 81.7 Å². The van der Waals surface area contributed by atoms with Crippen LogP contribution in [0.4, 0.5) is 0 Å². The van der Waals surface area contributed by atoms with Crippen LogP contribution < -0.4 is 5.73 Å². The molecule has 0 spiro atoms.